The van der Waals surface area contributed by atoms with Gasteiger partial charge in [-0.1, -0.05) is 40.7 Å². The van der Waals surface area contributed by atoms with Crippen molar-refractivity contribution in [3.63, 3.8) is 0 Å². The number of aliphatic hydroxyl groups excluding tert-OH is 1. The van der Waals surface area contributed by atoms with Gasteiger partial charge in [-0.25, -0.2) is 0 Å². The van der Waals surface area contributed by atoms with Crippen LogP contribution in [0, 0.1) is 51.2 Å². The molecule has 0 spiro atoms. The van der Waals surface area contributed by atoms with Crippen molar-refractivity contribution in [2.75, 3.05) is 0 Å². The van der Waals surface area contributed by atoms with E-state index in [0.717, 1.165) is 25.7 Å². The van der Waals surface area contributed by atoms with Crippen LogP contribution >= 0.6 is 0 Å². The van der Waals surface area contributed by atoms with Gasteiger partial charge in [0.15, 0.2) is 5.78 Å². The summed E-state index contributed by atoms with van der Waals surface area (Å²) in [5, 5.41) is 21.4. The van der Waals surface area contributed by atoms with E-state index in [9.17, 15) is 15.0 Å². The third-order valence-electron chi connectivity index (χ3n) is 12.8. The maximum absolute atomic E-state index is 13.4. The van der Waals surface area contributed by atoms with Crippen LogP contribution in [0.2, 0.25) is 0 Å². The number of aliphatic hydroxyl groups is 2. The number of carbonyl (C=O) groups is 1. The molecule has 0 unspecified atom stereocenters. The molecular formula is C30H48O3. The fourth-order valence-corrected chi connectivity index (χ4v) is 10.8. The number of fused-ring (bicyclic) bond motifs is 5. The van der Waals surface area contributed by atoms with Gasteiger partial charge in [0.1, 0.15) is 0 Å². The van der Waals surface area contributed by atoms with Crippen LogP contribution in [-0.4, -0.2) is 27.7 Å². The van der Waals surface area contributed by atoms with E-state index in [1.165, 1.54) is 32.1 Å². The van der Waals surface area contributed by atoms with Gasteiger partial charge in [0, 0.05) is 11.5 Å². The molecule has 3 heteroatoms. The van der Waals surface area contributed by atoms with Crippen molar-refractivity contribution in [1.29, 1.82) is 0 Å². The van der Waals surface area contributed by atoms with E-state index < -0.39 is 5.60 Å². The van der Waals surface area contributed by atoms with Crippen LogP contribution in [0.15, 0.2) is 11.6 Å². The summed E-state index contributed by atoms with van der Waals surface area (Å²) < 4.78 is 0. The third kappa shape index (κ3) is 3.03. The van der Waals surface area contributed by atoms with Gasteiger partial charge < -0.3 is 10.2 Å². The third-order valence-corrected chi connectivity index (χ3v) is 12.8. The van der Waals surface area contributed by atoms with E-state index >= 15 is 0 Å². The topological polar surface area (TPSA) is 57.5 Å². The van der Waals surface area contributed by atoms with Crippen molar-refractivity contribution >= 4 is 5.78 Å². The van der Waals surface area contributed by atoms with Crippen LogP contribution in [0.25, 0.3) is 0 Å². The Kier molecular flexibility index (Phi) is 5.24. The summed E-state index contributed by atoms with van der Waals surface area (Å²) in [4.78, 5) is 13.4. The van der Waals surface area contributed by atoms with Crippen LogP contribution < -0.4 is 0 Å². The number of carbonyl (C=O) groups excluding carboxylic acids is 1. The molecule has 0 aromatic carbocycles. The summed E-state index contributed by atoms with van der Waals surface area (Å²) in [5.41, 5.74) is 0.523. The Balaban J connectivity index is 1.44. The molecule has 5 aliphatic carbocycles. The molecule has 0 aromatic rings. The molecule has 9 atom stereocenters. The Bertz CT molecular complexity index is 864. The summed E-state index contributed by atoms with van der Waals surface area (Å²) in [6, 6.07) is 0. The zero-order chi connectivity index (χ0) is 24.2. The molecule has 3 nitrogen and oxygen atoms in total. The molecule has 0 bridgehead atoms. The minimum absolute atomic E-state index is 0.000269. The highest BCUT2D eigenvalue weighted by molar-refractivity contribution is 6.01. The lowest BCUT2D eigenvalue weighted by atomic mass is 9.35. The number of rotatable bonds is 2. The lowest BCUT2D eigenvalue weighted by Crippen LogP contribution is -2.63. The molecule has 0 amide bonds. The van der Waals surface area contributed by atoms with E-state index in [1.54, 1.807) is 13.8 Å². The quantitative estimate of drug-likeness (QED) is 0.511. The van der Waals surface area contributed by atoms with Crippen LogP contribution in [0.4, 0.5) is 0 Å². The first-order valence-corrected chi connectivity index (χ1v) is 13.8. The summed E-state index contributed by atoms with van der Waals surface area (Å²) >= 11 is 0. The van der Waals surface area contributed by atoms with E-state index in [4.69, 9.17) is 0 Å². The number of allylic oxidation sites excluding steroid dienone is 1. The molecule has 0 heterocycles. The molecule has 4 fully saturated rings. The van der Waals surface area contributed by atoms with Gasteiger partial charge >= 0.3 is 0 Å². The van der Waals surface area contributed by atoms with Crippen molar-refractivity contribution in [2.45, 2.75) is 118 Å². The van der Waals surface area contributed by atoms with Crippen molar-refractivity contribution in [3.05, 3.63) is 11.6 Å². The van der Waals surface area contributed by atoms with Crippen LogP contribution in [0.1, 0.15) is 106 Å². The van der Waals surface area contributed by atoms with Crippen molar-refractivity contribution in [3.8, 4) is 0 Å². The van der Waals surface area contributed by atoms with Crippen LogP contribution in [-0.2, 0) is 4.79 Å². The number of ketones is 1. The minimum atomic E-state index is -1.03. The monoisotopic (exact) mass is 456 g/mol. The largest absolute Gasteiger partial charge is 0.393 e. The second-order valence-electron chi connectivity index (χ2n) is 14.6. The summed E-state index contributed by atoms with van der Waals surface area (Å²) in [6.45, 7) is 15.9. The second kappa shape index (κ2) is 7.19. The summed E-state index contributed by atoms with van der Waals surface area (Å²) in [7, 11) is 0. The van der Waals surface area contributed by atoms with Crippen LogP contribution in [0.5, 0.6) is 0 Å². The molecule has 0 aromatic heterocycles. The maximum atomic E-state index is 13.4. The van der Waals surface area contributed by atoms with Gasteiger partial charge in [-0.15, -0.1) is 0 Å². The molecule has 0 radical (unpaired) electrons. The highest BCUT2D eigenvalue weighted by Gasteiger charge is 2.69. The molecule has 0 aliphatic heterocycles. The molecule has 2 N–H and O–H groups in total. The van der Waals surface area contributed by atoms with Gasteiger partial charge in [0.25, 0.3) is 0 Å². The number of Topliss-reactive ketones (excluding diaryl/α,β-unsaturated/α-hetero) is 1. The normalized spacial score (nSPS) is 51.5. The fraction of sp³-hybridized carbons (Fsp3) is 0.900. The first-order chi connectivity index (χ1) is 15.2. The van der Waals surface area contributed by atoms with E-state index in [0.29, 0.717) is 40.1 Å². The Hall–Kier alpha value is -0.670. The Morgan fingerprint density at radius 3 is 2.18 bits per heavy atom. The van der Waals surface area contributed by atoms with Crippen LogP contribution in [0.3, 0.4) is 0 Å². The van der Waals surface area contributed by atoms with Gasteiger partial charge in [0.2, 0.25) is 0 Å². The molecule has 5 rings (SSSR count). The molecular weight excluding hydrogens is 408 g/mol. The van der Waals surface area contributed by atoms with Crippen molar-refractivity contribution < 1.29 is 15.0 Å². The Labute approximate surface area is 201 Å². The van der Waals surface area contributed by atoms with E-state index in [1.807, 2.05) is 6.08 Å². The van der Waals surface area contributed by atoms with E-state index in [-0.39, 0.29) is 28.6 Å². The standard InChI is InChI=1S/C30H48O3/c1-26(2)22-13-17-30(7)23(28(22,5)15-14-24(26)31)11-10-20-18(12-16-29(20,30)6)19-8-9-21(25(19)32)27(3,4)33/h9,18-20,22-24,31,33H,8,10-17H2,1-7H3/t18-,19+,20-,22+,23-,24+,28+,29-,30-/m1/s1. The van der Waals surface area contributed by atoms with Crippen molar-refractivity contribution in [1.82, 2.24) is 0 Å². The first kappa shape index (κ1) is 24.0. The first-order valence-electron chi connectivity index (χ1n) is 13.8. The molecule has 5 aliphatic rings. The Morgan fingerprint density at radius 1 is 0.879 bits per heavy atom. The number of hydrogen-bond donors (Lipinski definition) is 2. The minimum Gasteiger partial charge on any atom is -0.393 e. The maximum Gasteiger partial charge on any atom is 0.165 e. The fourth-order valence-electron chi connectivity index (χ4n) is 10.8. The second-order valence-corrected chi connectivity index (χ2v) is 14.6. The average molecular weight is 457 g/mol. The summed E-state index contributed by atoms with van der Waals surface area (Å²) in [6.07, 6.45) is 12.2. The predicted octanol–water partition coefficient (Wildman–Crippen LogP) is 6.32. The highest BCUT2D eigenvalue weighted by atomic mass is 16.3. The zero-order valence-electron chi connectivity index (χ0n) is 22.2. The Morgan fingerprint density at radius 2 is 1.55 bits per heavy atom. The SMILES string of the molecule is CC(C)(O)C1=CC[C@@H]([C@H]2CC[C@]3(C)[C@@H]2CC[C@@H]2[C@@]4(C)CC[C@H](O)C(C)(C)[C@@H]4CC[C@]23C)C1=O. The summed E-state index contributed by atoms with van der Waals surface area (Å²) in [5.74, 6) is 2.69. The highest BCUT2D eigenvalue weighted by Crippen LogP contribution is 2.75. The zero-order valence-corrected chi connectivity index (χ0v) is 22.2. The molecule has 0 saturated heterocycles. The van der Waals surface area contributed by atoms with Crippen molar-refractivity contribution in [2.24, 2.45) is 51.2 Å². The smallest absolute Gasteiger partial charge is 0.165 e. The molecule has 186 valence electrons. The lowest BCUT2D eigenvalue weighted by molar-refractivity contribution is -0.222. The molecule has 33 heavy (non-hydrogen) atoms. The van der Waals surface area contributed by atoms with E-state index in [2.05, 4.69) is 34.6 Å². The number of hydrogen-bond acceptors (Lipinski definition) is 3. The molecule has 4 saturated carbocycles. The average Bonchev–Trinajstić information content (AvgIpc) is 3.25. The predicted molar refractivity (Wildman–Crippen MR) is 132 cm³/mol. The van der Waals surface area contributed by atoms with Gasteiger partial charge in [-0.2, -0.15) is 0 Å². The van der Waals surface area contributed by atoms with Gasteiger partial charge in [-0.3, -0.25) is 4.79 Å². The van der Waals surface area contributed by atoms with Gasteiger partial charge in [-0.05, 0) is 117 Å². The van der Waals surface area contributed by atoms with Gasteiger partial charge in [0.05, 0.1) is 11.7 Å². The lowest BCUT2D eigenvalue weighted by Gasteiger charge is -2.69.